The van der Waals surface area contributed by atoms with Gasteiger partial charge in [0.1, 0.15) is 11.3 Å². The fourth-order valence-electron chi connectivity index (χ4n) is 1.22. The van der Waals surface area contributed by atoms with E-state index in [2.05, 4.69) is 0 Å². The molecule has 6 nitrogen and oxygen atoms in total. The minimum absolute atomic E-state index is 0.226. The molecule has 17 heavy (non-hydrogen) atoms. The van der Waals surface area contributed by atoms with Crippen molar-refractivity contribution >= 4 is 21.7 Å². The zero-order valence-electron chi connectivity index (χ0n) is 10.6. The maximum atomic E-state index is 12.0. The number of aliphatic carboxylic acids is 1. The van der Waals surface area contributed by atoms with Crippen LogP contribution in [0.3, 0.4) is 0 Å². The van der Waals surface area contributed by atoms with E-state index in [1.807, 2.05) is 0 Å². The summed E-state index contributed by atoms with van der Waals surface area (Å²) in [6.07, 6.45) is 1.54. The molecule has 0 atom stereocenters. The van der Waals surface area contributed by atoms with E-state index in [9.17, 15) is 18.0 Å². The number of carbonyl (C=O) groups excluding carboxylic acids is 1. The minimum Gasteiger partial charge on any atom is -0.480 e. The largest absolute Gasteiger partial charge is 0.480 e. The maximum absolute atomic E-state index is 12.0. The van der Waals surface area contributed by atoms with Crippen LogP contribution in [0.15, 0.2) is 0 Å². The normalized spacial score (nSPS) is 12.2. The highest BCUT2D eigenvalue weighted by Crippen LogP contribution is 2.18. The third-order valence-corrected chi connectivity index (χ3v) is 4.58. The first-order chi connectivity index (χ1) is 7.54. The van der Waals surface area contributed by atoms with Gasteiger partial charge < -0.3 is 10.0 Å². The summed E-state index contributed by atoms with van der Waals surface area (Å²) in [6, 6.07) is 0. The van der Waals surface area contributed by atoms with E-state index in [-0.39, 0.29) is 6.54 Å². The number of nitrogens with zero attached hydrogens (tertiary/aromatic N) is 1. The lowest BCUT2D eigenvalue weighted by Gasteiger charge is -2.29. The molecule has 7 heteroatoms. The van der Waals surface area contributed by atoms with E-state index in [4.69, 9.17) is 5.11 Å². The molecular formula is C10H19NO5S. The Balaban J connectivity index is 5.15. The van der Waals surface area contributed by atoms with Gasteiger partial charge in [-0.05, 0) is 20.3 Å². The molecule has 1 amide bonds. The average molecular weight is 265 g/mol. The van der Waals surface area contributed by atoms with Crippen molar-refractivity contribution in [3.05, 3.63) is 0 Å². The number of rotatable bonds is 6. The minimum atomic E-state index is -3.58. The van der Waals surface area contributed by atoms with Gasteiger partial charge in [-0.15, -0.1) is 0 Å². The summed E-state index contributed by atoms with van der Waals surface area (Å²) in [5.74, 6) is -1.83. The molecule has 0 aromatic carbocycles. The van der Waals surface area contributed by atoms with E-state index in [0.29, 0.717) is 6.42 Å². The predicted molar refractivity (Wildman–Crippen MR) is 63.4 cm³/mol. The van der Waals surface area contributed by atoms with Gasteiger partial charge in [0.25, 0.3) is 0 Å². The van der Waals surface area contributed by atoms with Crippen molar-refractivity contribution < 1.29 is 23.1 Å². The average Bonchev–Trinajstić information content (AvgIpc) is 2.13. The molecule has 0 saturated carbocycles. The highest BCUT2D eigenvalue weighted by atomic mass is 32.2. The van der Waals surface area contributed by atoms with Crippen LogP contribution < -0.4 is 0 Å². The summed E-state index contributed by atoms with van der Waals surface area (Å²) in [7, 11) is -3.58. The summed E-state index contributed by atoms with van der Waals surface area (Å²) in [5.41, 5.74) is 0. The molecule has 0 heterocycles. The lowest BCUT2D eigenvalue weighted by Crippen LogP contribution is -2.51. The number of amides is 1. The van der Waals surface area contributed by atoms with E-state index in [0.717, 1.165) is 11.2 Å². The highest BCUT2D eigenvalue weighted by molar-refractivity contribution is 7.92. The Hall–Kier alpha value is -1.11. The van der Waals surface area contributed by atoms with Crippen LogP contribution in [0.2, 0.25) is 0 Å². The van der Waals surface area contributed by atoms with Gasteiger partial charge in [0.05, 0.1) is 0 Å². The predicted octanol–water partition coefficient (Wildman–Crippen LogP) is 0.133. The quantitative estimate of drug-likeness (QED) is 0.737. The molecule has 100 valence electrons. The van der Waals surface area contributed by atoms with Crippen molar-refractivity contribution in [1.29, 1.82) is 0 Å². The van der Waals surface area contributed by atoms with Gasteiger partial charge in [0.2, 0.25) is 5.91 Å². The summed E-state index contributed by atoms with van der Waals surface area (Å²) >= 11 is 0. The van der Waals surface area contributed by atoms with Crippen LogP contribution in [0.25, 0.3) is 0 Å². The molecule has 0 spiro atoms. The molecular weight excluding hydrogens is 246 g/mol. The van der Waals surface area contributed by atoms with Crippen molar-refractivity contribution in [2.45, 2.75) is 31.9 Å². The molecule has 0 aromatic heterocycles. The van der Waals surface area contributed by atoms with Gasteiger partial charge in [-0.1, -0.05) is 6.92 Å². The summed E-state index contributed by atoms with van der Waals surface area (Å²) in [5, 5.41) is 8.68. The Morgan fingerprint density at radius 2 is 1.76 bits per heavy atom. The Morgan fingerprint density at radius 3 is 2.06 bits per heavy atom. The lowest BCUT2D eigenvalue weighted by atomic mass is 10.1. The van der Waals surface area contributed by atoms with Crippen molar-refractivity contribution in [2.24, 2.45) is 0 Å². The number of carboxylic acids is 1. The smallest absolute Gasteiger partial charge is 0.323 e. The molecule has 0 unspecified atom stereocenters. The number of hydrogen-bond acceptors (Lipinski definition) is 4. The third kappa shape index (κ3) is 3.99. The van der Waals surface area contributed by atoms with Gasteiger partial charge in [0.15, 0.2) is 9.84 Å². The molecule has 0 rings (SSSR count). The molecule has 0 fully saturated rings. The molecule has 0 aliphatic carbocycles. The fraction of sp³-hybridized carbons (Fsp3) is 0.800. The van der Waals surface area contributed by atoms with Gasteiger partial charge in [0, 0.05) is 12.8 Å². The first kappa shape index (κ1) is 15.9. The van der Waals surface area contributed by atoms with Gasteiger partial charge in [-0.2, -0.15) is 0 Å². The van der Waals surface area contributed by atoms with Crippen LogP contribution in [0.4, 0.5) is 0 Å². The van der Waals surface area contributed by atoms with E-state index in [1.165, 1.54) is 13.8 Å². The first-order valence-electron chi connectivity index (χ1n) is 5.24. The second-order valence-electron chi connectivity index (χ2n) is 4.40. The molecule has 0 saturated heterocycles. The van der Waals surface area contributed by atoms with Crippen LogP contribution in [0.1, 0.15) is 27.2 Å². The van der Waals surface area contributed by atoms with Crippen molar-refractivity contribution in [3.63, 3.8) is 0 Å². The van der Waals surface area contributed by atoms with Crippen LogP contribution in [-0.2, 0) is 19.4 Å². The molecule has 0 aromatic rings. The molecule has 0 radical (unpaired) electrons. The van der Waals surface area contributed by atoms with E-state index in [1.54, 1.807) is 6.92 Å². The molecule has 0 aliphatic rings. The van der Waals surface area contributed by atoms with Crippen LogP contribution in [0, 0.1) is 0 Å². The SMILES string of the molecule is CCCN(CC(=O)O)C(=O)C(C)(C)S(C)(=O)=O. The molecule has 1 N–H and O–H groups in total. The van der Waals surface area contributed by atoms with Gasteiger partial charge >= 0.3 is 5.97 Å². The van der Waals surface area contributed by atoms with Crippen molar-refractivity contribution in [2.75, 3.05) is 19.3 Å². The number of hydrogen-bond donors (Lipinski definition) is 1. The van der Waals surface area contributed by atoms with Crippen LogP contribution in [0.5, 0.6) is 0 Å². The van der Waals surface area contributed by atoms with Crippen LogP contribution >= 0.6 is 0 Å². The van der Waals surface area contributed by atoms with E-state index < -0.39 is 33.0 Å². The second kappa shape index (κ2) is 5.48. The Labute approximate surface area is 102 Å². The number of carbonyl (C=O) groups is 2. The third-order valence-electron chi connectivity index (χ3n) is 2.55. The van der Waals surface area contributed by atoms with Gasteiger partial charge in [-0.25, -0.2) is 8.42 Å². The molecule has 0 bridgehead atoms. The fourth-order valence-corrected chi connectivity index (χ4v) is 1.67. The zero-order valence-corrected chi connectivity index (χ0v) is 11.4. The zero-order chi connectivity index (χ0) is 13.9. The van der Waals surface area contributed by atoms with E-state index >= 15 is 0 Å². The maximum Gasteiger partial charge on any atom is 0.323 e. The van der Waals surface area contributed by atoms with Gasteiger partial charge in [-0.3, -0.25) is 9.59 Å². The summed E-state index contributed by atoms with van der Waals surface area (Å²) in [6.45, 7) is 4.11. The lowest BCUT2D eigenvalue weighted by molar-refractivity contribution is -0.145. The topological polar surface area (TPSA) is 91.8 Å². The Morgan fingerprint density at radius 1 is 1.29 bits per heavy atom. The number of carboxylic acid groups (broad SMARTS) is 1. The summed E-state index contributed by atoms with van der Waals surface area (Å²) < 4.78 is 21.4. The van der Waals surface area contributed by atoms with Crippen molar-refractivity contribution in [1.82, 2.24) is 4.90 Å². The highest BCUT2D eigenvalue weighted by Gasteiger charge is 2.41. The van der Waals surface area contributed by atoms with Crippen molar-refractivity contribution in [3.8, 4) is 0 Å². The Kier molecular flexibility index (Phi) is 5.12. The monoisotopic (exact) mass is 265 g/mol. The second-order valence-corrected chi connectivity index (χ2v) is 6.97. The number of sulfone groups is 1. The Bertz CT molecular complexity index is 399. The molecule has 0 aliphatic heterocycles. The van der Waals surface area contributed by atoms with Crippen LogP contribution in [-0.4, -0.2) is 54.4 Å². The standard InChI is InChI=1S/C10H19NO5S/c1-5-6-11(7-8(12)13)9(14)10(2,3)17(4,15)16/h5-7H2,1-4H3,(H,12,13). The first-order valence-corrected chi connectivity index (χ1v) is 7.14. The summed E-state index contributed by atoms with van der Waals surface area (Å²) in [4.78, 5) is 23.7.